The van der Waals surface area contributed by atoms with Crippen LogP contribution in [-0.2, 0) is 11.3 Å². The SMILES string of the molecule is C[C@H](Sc1ncn[nH]1)C(=O)NC1CCN(Cc2ccccc2)CC1. The number of hydrogen-bond acceptors (Lipinski definition) is 5. The van der Waals surface area contributed by atoms with Gasteiger partial charge in [0.05, 0.1) is 5.25 Å². The third-order valence-corrected chi connectivity index (χ3v) is 5.22. The molecule has 1 atom stereocenters. The van der Waals surface area contributed by atoms with Gasteiger partial charge in [-0.25, -0.2) is 4.98 Å². The van der Waals surface area contributed by atoms with Gasteiger partial charge in [-0.05, 0) is 25.3 Å². The van der Waals surface area contributed by atoms with Crippen molar-refractivity contribution in [2.45, 2.75) is 42.8 Å². The number of rotatable bonds is 6. The van der Waals surface area contributed by atoms with E-state index in [1.165, 1.54) is 23.7 Å². The van der Waals surface area contributed by atoms with Gasteiger partial charge in [-0.1, -0.05) is 42.1 Å². The van der Waals surface area contributed by atoms with Gasteiger partial charge in [-0.2, -0.15) is 5.10 Å². The monoisotopic (exact) mass is 345 g/mol. The molecule has 1 saturated heterocycles. The van der Waals surface area contributed by atoms with Crippen LogP contribution in [0.5, 0.6) is 0 Å². The van der Waals surface area contributed by atoms with E-state index >= 15 is 0 Å². The Balaban J connectivity index is 1.41. The average Bonchev–Trinajstić information content (AvgIpc) is 3.10. The maximum atomic E-state index is 12.3. The molecule has 0 aliphatic carbocycles. The molecule has 2 aromatic rings. The molecular formula is C17H23N5OS. The number of aromatic nitrogens is 3. The number of nitrogens with one attached hydrogen (secondary N) is 2. The van der Waals surface area contributed by atoms with Crippen LogP contribution in [0.15, 0.2) is 41.8 Å². The zero-order valence-corrected chi connectivity index (χ0v) is 14.6. The minimum Gasteiger partial charge on any atom is -0.352 e. The van der Waals surface area contributed by atoms with Gasteiger partial charge in [0.15, 0.2) is 5.16 Å². The van der Waals surface area contributed by atoms with E-state index in [2.05, 4.69) is 49.7 Å². The summed E-state index contributed by atoms with van der Waals surface area (Å²) in [5.74, 6) is 0.0675. The Morgan fingerprint density at radius 1 is 1.38 bits per heavy atom. The van der Waals surface area contributed by atoms with Gasteiger partial charge in [0.1, 0.15) is 6.33 Å². The van der Waals surface area contributed by atoms with Gasteiger partial charge < -0.3 is 5.32 Å². The number of likely N-dealkylation sites (tertiary alicyclic amines) is 1. The van der Waals surface area contributed by atoms with Crippen molar-refractivity contribution < 1.29 is 4.79 Å². The van der Waals surface area contributed by atoms with E-state index in [1.54, 1.807) is 0 Å². The van der Waals surface area contributed by atoms with Crippen LogP contribution >= 0.6 is 11.8 Å². The molecule has 1 aromatic heterocycles. The predicted molar refractivity (Wildman–Crippen MR) is 94.6 cm³/mol. The second kappa shape index (κ2) is 8.30. The Labute approximate surface area is 146 Å². The lowest BCUT2D eigenvalue weighted by atomic mass is 10.0. The van der Waals surface area contributed by atoms with Crippen LogP contribution in [0, 0.1) is 0 Å². The predicted octanol–water partition coefficient (Wildman–Crippen LogP) is 2.07. The van der Waals surface area contributed by atoms with E-state index in [-0.39, 0.29) is 17.2 Å². The highest BCUT2D eigenvalue weighted by Crippen LogP contribution is 2.19. The summed E-state index contributed by atoms with van der Waals surface area (Å²) >= 11 is 1.40. The van der Waals surface area contributed by atoms with Crippen molar-refractivity contribution in [3.8, 4) is 0 Å². The highest BCUT2D eigenvalue weighted by atomic mass is 32.2. The van der Waals surface area contributed by atoms with E-state index in [9.17, 15) is 4.79 Å². The number of carbonyl (C=O) groups is 1. The lowest BCUT2D eigenvalue weighted by molar-refractivity contribution is -0.121. The fraction of sp³-hybridized carbons (Fsp3) is 0.471. The molecule has 6 nitrogen and oxygen atoms in total. The minimum atomic E-state index is -0.180. The van der Waals surface area contributed by atoms with Gasteiger partial charge in [-0.15, -0.1) is 0 Å². The number of aromatic amines is 1. The summed E-state index contributed by atoms with van der Waals surface area (Å²) in [4.78, 5) is 18.8. The normalized spacial score (nSPS) is 17.5. The van der Waals surface area contributed by atoms with E-state index in [0.29, 0.717) is 5.16 Å². The number of carbonyl (C=O) groups excluding carboxylic acids is 1. The van der Waals surface area contributed by atoms with Crippen molar-refractivity contribution in [1.82, 2.24) is 25.4 Å². The number of benzene rings is 1. The molecule has 1 aliphatic heterocycles. The topological polar surface area (TPSA) is 73.9 Å². The van der Waals surface area contributed by atoms with Crippen molar-refractivity contribution in [2.24, 2.45) is 0 Å². The van der Waals surface area contributed by atoms with Crippen LogP contribution in [0.4, 0.5) is 0 Å². The summed E-state index contributed by atoms with van der Waals surface area (Å²) in [6.07, 6.45) is 3.45. The molecule has 2 heterocycles. The third-order valence-electron chi connectivity index (χ3n) is 4.23. The van der Waals surface area contributed by atoms with Crippen molar-refractivity contribution in [2.75, 3.05) is 13.1 Å². The molecule has 0 saturated carbocycles. The first kappa shape index (κ1) is 17.0. The highest BCUT2D eigenvalue weighted by molar-refractivity contribution is 8.00. The molecule has 0 bridgehead atoms. The number of hydrogen-bond donors (Lipinski definition) is 2. The van der Waals surface area contributed by atoms with Crippen LogP contribution in [0.25, 0.3) is 0 Å². The van der Waals surface area contributed by atoms with Crippen LogP contribution < -0.4 is 5.32 Å². The number of thioether (sulfide) groups is 1. The molecule has 128 valence electrons. The van der Waals surface area contributed by atoms with Gasteiger partial charge >= 0.3 is 0 Å². The molecule has 0 spiro atoms. The smallest absolute Gasteiger partial charge is 0.233 e. The van der Waals surface area contributed by atoms with Crippen LogP contribution in [-0.4, -0.2) is 50.4 Å². The largest absolute Gasteiger partial charge is 0.352 e. The summed E-state index contributed by atoms with van der Waals surface area (Å²) in [7, 11) is 0. The molecule has 0 unspecified atom stereocenters. The first-order valence-corrected chi connectivity index (χ1v) is 9.17. The molecule has 1 aromatic carbocycles. The molecule has 1 fully saturated rings. The van der Waals surface area contributed by atoms with Crippen LogP contribution in [0.2, 0.25) is 0 Å². The zero-order chi connectivity index (χ0) is 16.8. The highest BCUT2D eigenvalue weighted by Gasteiger charge is 2.23. The molecular weight excluding hydrogens is 322 g/mol. The first-order valence-electron chi connectivity index (χ1n) is 8.29. The Morgan fingerprint density at radius 2 is 2.12 bits per heavy atom. The average molecular weight is 345 g/mol. The second-order valence-electron chi connectivity index (χ2n) is 6.10. The van der Waals surface area contributed by atoms with Gasteiger partial charge in [0.2, 0.25) is 5.91 Å². The Hall–Kier alpha value is -1.86. The summed E-state index contributed by atoms with van der Waals surface area (Å²) < 4.78 is 0. The first-order chi connectivity index (χ1) is 11.7. The summed E-state index contributed by atoms with van der Waals surface area (Å²) in [6, 6.07) is 10.8. The lowest BCUT2D eigenvalue weighted by Gasteiger charge is -2.32. The fourth-order valence-corrected chi connectivity index (χ4v) is 3.59. The molecule has 7 heteroatoms. The molecule has 2 N–H and O–H groups in total. The second-order valence-corrected chi connectivity index (χ2v) is 7.42. The van der Waals surface area contributed by atoms with Crippen molar-refractivity contribution >= 4 is 17.7 Å². The summed E-state index contributed by atoms with van der Waals surface area (Å²) in [5.41, 5.74) is 1.34. The third kappa shape index (κ3) is 4.82. The van der Waals surface area contributed by atoms with Gasteiger partial charge in [0, 0.05) is 25.7 Å². The van der Waals surface area contributed by atoms with E-state index < -0.39 is 0 Å². The zero-order valence-electron chi connectivity index (χ0n) is 13.8. The Morgan fingerprint density at radius 3 is 2.79 bits per heavy atom. The maximum absolute atomic E-state index is 12.3. The minimum absolute atomic E-state index is 0.0675. The van der Waals surface area contributed by atoms with Crippen molar-refractivity contribution in [3.05, 3.63) is 42.2 Å². The van der Waals surface area contributed by atoms with E-state index in [0.717, 1.165) is 32.5 Å². The number of amides is 1. The number of H-pyrrole nitrogens is 1. The molecule has 0 radical (unpaired) electrons. The van der Waals surface area contributed by atoms with Gasteiger partial charge in [0.25, 0.3) is 0 Å². The molecule has 1 amide bonds. The van der Waals surface area contributed by atoms with Crippen molar-refractivity contribution in [1.29, 1.82) is 0 Å². The fourth-order valence-electron chi connectivity index (χ4n) is 2.87. The molecule has 1 aliphatic rings. The maximum Gasteiger partial charge on any atom is 0.233 e. The van der Waals surface area contributed by atoms with Gasteiger partial charge in [-0.3, -0.25) is 14.8 Å². The standard InChI is InChI=1S/C17H23N5OS/c1-13(24-17-18-12-19-21-17)16(23)20-15-7-9-22(10-8-15)11-14-5-3-2-4-6-14/h2-6,12-13,15H,7-11H2,1H3,(H,20,23)(H,18,19,21)/t13-/m0/s1. The molecule has 24 heavy (non-hydrogen) atoms. The van der Waals surface area contributed by atoms with E-state index in [1.807, 2.05) is 13.0 Å². The quantitative estimate of drug-likeness (QED) is 0.784. The van der Waals surface area contributed by atoms with E-state index in [4.69, 9.17) is 0 Å². The summed E-state index contributed by atoms with van der Waals surface area (Å²) in [6.45, 7) is 4.92. The van der Waals surface area contributed by atoms with Crippen LogP contribution in [0.3, 0.4) is 0 Å². The van der Waals surface area contributed by atoms with Crippen LogP contribution in [0.1, 0.15) is 25.3 Å². The Bertz CT molecular complexity index is 626. The number of nitrogens with zero attached hydrogens (tertiary/aromatic N) is 3. The van der Waals surface area contributed by atoms with Crippen molar-refractivity contribution in [3.63, 3.8) is 0 Å². The lowest BCUT2D eigenvalue weighted by Crippen LogP contribution is -2.46. The Kier molecular flexibility index (Phi) is 5.87. The number of piperidine rings is 1. The molecule has 3 rings (SSSR count). The summed E-state index contributed by atoms with van der Waals surface area (Å²) in [5, 5.41) is 10.2.